The predicted octanol–water partition coefficient (Wildman–Crippen LogP) is 4.03. The summed E-state index contributed by atoms with van der Waals surface area (Å²) in [6, 6.07) is 0. The van der Waals surface area contributed by atoms with Crippen molar-refractivity contribution in [2.24, 2.45) is 5.92 Å². The van der Waals surface area contributed by atoms with Crippen molar-refractivity contribution >= 4 is 5.78 Å². The molecule has 15 heavy (non-hydrogen) atoms. The largest absolute Gasteiger partial charge is 0.295 e. The van der Waals surface area contributed by atoms with Gasteiger partial charge in [0.25, 0.3) is 0 Å². The molecule has 84 valence electrons. The summed E-state index contributed by atoms with van der Waals surface area (Å²) in [4.78, 5) is 11.4. The van der Waals surface area contributed by atoms with E-state index in [1.807, 2.05) is 6.08 Å². The van der Waals surface area contributed by atoms with Gasteiger partial charge in [-0.3, -0.25) is 4.79 Å². The average Bonchev–Trinajstić information content (AvgIpc) is 2.54. The Morgan fingerprint density at radius 3 is 2.40 bits per heavy atom. The van der Waals surface area contributed by atoms with E-state index in [1.54, 1.807) is 0 Å². The van der Waals surface area contributed by atoms with Crippen molar-refractivity contribution in [3.8, 4) is 0 Å². The zero-order chi connectivity index (χ0) is 10.5. The third-order valence-electron chi connectivity index (χ3n) is 3.84. The van der Waals surface area contributed by atoms with Crippen LogP contribution in [0.5, 0.6) is 0 Å². The lowest BCUT2D eigenvalue weighted by Crippen LogP contribution is -2.01. The molecule has 2 aliphatic rings. The molecule has 0 saturated heterocycles. The van der Waals surface area contributed by atoms with Crippen LogP contribution in [-0.2, 0) is 4.79 Å². The number of fused-ring (bicyclic) bond motifs is 1. The maximum atomic E-state index is 11.4. The second kappa shape index (κ2) is 5.48. The Labute approximate surface area is 92.9 Å². The molecule has 1 heteroatoms. The molecule has 0 bridgehead atoms. The van der Waals surface area contributed by atoms with Gasteiger partial charge in [-0.2, -0.15) is 0 Å². The van der Waals surface area contributed by atoms with Crippen molar-refractivity contribution in [1.82, 2.24) is 0 Å². The first-order valence-electron chi connectivity index (χ1n) is 6.59. The average molecular weight is 206 g/mol. The highest BCUT2D eigenvalue weighted by Crippen LogP contribution is 2.32. The van der Waals surface area contributed by atoms with Gasteiger partial charge in [-0.15, -0.1) is 0 Å². The molecule has 0 aliphatic heterocycles. The van der Waals surface area contributed by atoms with E-state index in [0.29, 0.717) is 11.7 Å². The van der Waals surface area contributed by atoms with Gasteiger partial charge in [-0.1, -0.05) is 44.1 Å². The summed E-state index contributed by atoms with van der Waals surface area (Å²) in [6.45, 7) is 0. The molecule has 0 amide bonds. The molecule has 1 nitrogen and oxygen atoms in total. The van der Waals surface area contributed by atoms with Crippen LogP contribution in [0.3, 0.4) is 0 Å². The van der Waals surface area contributed by atoms with Gasteiger partial charge in [0.05, 0.1) is 0 Å². The molecule has 2 rings (SSSR count). The summed E-state index contributed by atoms with van der Waals surface area (Å²) in [5.41, 5.74) is 1.47. The first kappa shape index (κ1) is 10.9. The van der Waals surface area contributed by atoms with Gasteiger partial charge in [0.15, 0.2) is 5.78 Å². The normalized spacial score (nSPS) is 29.2. The molecule has 1 unspecified atom stereocenters. The minimum atomic E-state index is 0.382. The number of rotatable bonds is 0. The maximum absolute atomic E-state index is 11.4. The number of carbonyl (C=O) groups is 1. The van der Waals surface area contributed by atoms with Gasteiger partial charge in [-0.25, -0.2) is 0 Å². The van der Waals surface area contributed by atoms with Crippen molar-refractivity contribution < 1.29 is 4.79 Å². The van der Waals surface area contributed by atoms with Crippen molar-refractivity contribution in [2.45, 2.75) is 64.2 Å². The summed E-state index contributed by atoms with van der Waals surface area (Å²) >= 11 is 0. The zero-order valence-electron chi connectivity index (χ0n) is 9.63. The van der Waals surface area contributed by atoms with Gasteiger partial charge in [0.1, 0.15) is 0 Å². The quantitative estimate of drug-likeness (QED) is 0.585. The zero-order valence-corrected chi connectivity index (χ0v) is 9.63. The van der Waals surface area contributed by atoms with E-state index in [2.05, 4.69) is 0 Å². The molecule has 0 N–H and O–H groups in total. The van der Waals surface area contributed by atoms with Crippen LogP contribution < -0.4 is 0 Å². The van der Waals surface area contributed by atoms with Crippen LogP contribution in [-0.4, -0.2) is 5.78 Å². The van der Waals surface area contributed by atoms with Gasteiger partial charge >= 0.3 is 0 Å². The summed E-state index contributed by atoms with van der Waals surface area (Å²) in [7, 11) is 0. The molecule has 0 spiro atoms. The van der Waals surface area contributed by atoms with Crippen LogP contribution in [0.25, 0.3) is 0 Å². The molecular formula is C14H22O. The SMILES string of the molecule is O=C1C=C2CCCCCCCCCC2C1. The second-order valence-electron chi connectivity index (χ2n) is 5.10. The molecule has 0 aromatic rings. The first-order valence-corrected chi connectivity index (χ1v) is 6.59. The Balaban J connectivity index is 1.93. The maximum Gasteiger partial charge on any atom is 0.156 e. The molecule has 0 aromatic carbocycles. The molecular weight excluding hydrogens is 184 g/mol. The fourth-order valence-corrected chi connectivity index (χ4v) is 2.92. The summed E-state index contributed by atoms with van der Waals surface area (Å²) in [5.74, 6) is 1.00. The fraction of sp³-hybridized carbons (Fsp3) is 0.786. The van der Waals surface area contributed by atoms with E-state index < -0.39 is 0 Å². The van der Waals surface area contributed by atoms with Gasteiger partial charge in [-0.05, 0) is 31.3 Å². The number of hydrogen-bond acceptors (Lipinski definition) is 1. The van der Waals surface area contributed by atoms with Crippen LogP contribution in [0.4, 0.5) is 0 Å². The number of allylic oxidation sites excluding steroid dienone is 2. The van der Waals surface area contributed by atoms with Crippen molar-refractivity contribution in [3.63, 3.8) is 0 Å². The van der Waals surface area contributed by atoms with Gasteiger partial charge < -0.3 is 0 Å². The Hall–Kier alpha value is -0.590. The van der Waals surface area contributed by atoms with Crippen LogP contribution in [0.1, 0.15) is 64.2 Å². The highest BCUT2D eigenvalue weighted by molar-refractivity contribution is 5.93. The number of carbonyl (C=O) groups excluding carboxylic acids is 1. The molecule has 2 aliphatic carbocycles. The Morgan fingerprint density at radius 2 is 1.60 bits per heavy atom. The monoisotopic (exact) mass is 206 g/mol. The Bertz CT molecular complexity index is 252. The number of hydrogen-bond donors (Lipinski definition) is 0. The van der Waals surface area contributed by atoms with Crippen LogP contribution in [0, 0.1) is 5.92 Å². The van der Waals surface area contributed by atoms with E-state index >= 15 is 0 Å². The van der Waals surface area contributed by atoms with Gasteiger partial charge in [0.2, 0.25) is 0 Å². The third-order valence-corrected chi connectivity index (χ3v) is 3.84. The van der Waals surface area contributed by atoms with E-state index in [1.165, 1.54) is 63.4 Å². The lowest BCUT2D eigenvalue weighted by atomic mass is 9.92. The molecule has 0 heterocycles. The lowest BCUT2D eigenvalue weighted by Gasteiger charge is -2.13. The van der Waals surface area contributed by atoms with Gasteiger partial charge in [0, 0.05) is 6.42 Å². The summed E-state index contributed by atoms with van der Waals surface area (Å²) in [6.07, 6.45) is 14.8. The van der Waals surface area contributed by atoms with Crippen LogP contribution in [0.2, 0.25) is 0 Å². The van der Waals surface area contributed by atoms with E-state index in [0.717, 1.165) is 6.42 Å². The highest BCUT2D eigenvalue weighted by atomic mass is 16.1. The van der Waals surface area contributed by atoms with Crippen LogP contribution in [0.15, 0.2) is 11.6 Å². The standard InChI is InChI=1S/C14H22O/c15-14-10-12-8-6-4-2-1-3-5-7-9-13(12)11-14/h10,13H,1-9,11H2. The topological polar surface area (TPSA) is 17.1 Å². The molecule has 1 fully saturated rings. The first-order chi connectivity index (χ1) is 7.36. The molecule has 1 saturated carbocycles. The van der Waals surface area contributed by atoms with Crippen molar-refractivity contribution in [1.29, 1.82) is 0 Å². The molecule has 1 atom stereocenters. The smallest absolute Gasteiger partial charge is 0.156 e. The van der Waals surface area contributed by atoms with E-state index in [-0.39, 0.29) is 0 Å². The van der Waals surface area contributed by atoms with E-state index in [9.17, 15) is 4.79 Å². The highest BCUT2D eigenvalue weighted by Gasteiger charge is 2.23. The minimum Gasteiger partial charge on any atom is -0.295 e. The fourth-order valence-electron chi connectivity index (χ4n) is 2.92. The molecule has 0 aromatic heterocycles. The predicted molar refractivity (Wildman–Crippen MR) is 62.8 cm³/mol. The lowest BCUT2D eigenvalue weighted by molar-refractivity contribution is -0.114. The van der Waals surface area contributed by atoms with Crippen molar-refractivity contribution in [3.05, 3.63) is 11.6 Å². The Kier molecular flexibility index (Phi) is 3.99. The summed E-state index contributed by atoms with van der Waals surface area (Å²) < 4.78 is 0. The Morgan fingerprint density at radius 1 is 0.933 bits per heavy atom. The van der Waals surface area contributed by atoms with Crippen LogP contribution >= 0.6 is 0 Å². The van der Waals surface area contributed by atoms with Crippen molar-refractivity contribution in [2.75, 3.05) is 0 Å². The summed E-state index contributed by atoms with van der Waals surface area (Å²) in [5, 5.41) is 0. The minimum absolute atomic E-state index is 0.382. The van der Waals surface area contributed by atoms with E-state index in [4.69, 9.17) is 0 Å². The second-order valence-corrected chi connectivity index (χ2v) is 5.10. The number of ketones is 1. The molecule has 0 radical (unpaired) electrons. The third kappa shape index (κ3) is 3.19.